The number of phenols is 1. The van der Waals surface area contributed by atoms with E-state index in [0.717, 1.165) is 22.3 Å². The number of hydrogen-bond donors (Lipinski definition) is 2. The summed E-state index contributed by atoms with van der Waals surface area (Å²) in [6.07, 6.45) is 0. The number of hydrogen-bond acceptors (Lipinski definition) is 2. The van der Waals surface area contributed by atoms with Crippen molar-refractivity contribution in [3.05, 3.63) is 58.1 Å². The lowest BCUT2D eigenvalue weighted by molar-refractivity contribution is 0.475. The van der Waals surface area contributed by atoms with Crippen molar-refractivity contribution < 1.29 is 5.11 Å². The summed E-state index contributed by atoms with van der Waals surface area (Å²) in [5.74, 6) is 0.300. The van der Waals surface area contributed by atoms with Crippen molar-refractivity contribution in [1.82, 2.24) is 0 Å². The molecule has 0 aliphatic heterocycles. The summed E-state index contributed by atoms with van der Waals surface area (Å²) >= 11 is 3.52. The van der Waals surface area contributed by atoms with E-state index in [1.165, 1.54) is 5.56 Å². The molecular formula is C14H14BrNO. The molecule has 2 nitrogen and oxygen atoms in total. The first kappa shape index (κ1) is 12.0. The molecule has 0 unspecified atom stereocenters. The molecule has 2 N–H and O–H groups in total. The molecule has 0 aliphatic carbocycles. The Morgan fingerprint density at radius 3 is 2.65 bits per heavy atom. The second-order valence-electron chi connectivity index (χ2n) is 3.94. The van der Waals surface area contributed by atoms with Crippen molar-refractivity contribution >= 4 is 21.6 Å². The molecule has 0 saturated carbocycles. The number of halogens is 1. The van der Waals surface area contributed by atoms with Crippen LogP contribution in [-0.2, 0) is 6.54 Å². The number of rotatable bonds is 3. The van der Waals surface area contributed by atoms with E-state index in [0.29, 0.717) is 5.75 Å². The third-order valence-electron chi connectivity index (χ3n) is 2.64. The zero-order valence-corrected chi connectivity index (χ0v) is 11.2. The fourth-order valence-electron chi connectivity index (χ4n) is 1.68. The first-order valence-corrected chi connectivity index (χ1v) is 6.23. The van der Waals surface area contributed by atoms with Crippen molar-refractivity contribution in [3.8, 4) is 5.75 Å². The van der Waals surface area contributed by atoms with Gasteiger partial charge in [0.15, 0.2) is 0 Å². The van der Waals surface area contributed by atoms with Crippen molar-refractivity contribution in [3.63, 3.8) is 0 Å². The van der Waals surface area contributed by atoms with Gasteiger partial charge in [0.05, 0.1) is 0 Å². The van der Waals surface area contributed by atoms with E-state index >= 15 is 0 Å². The van der Waals surface area contributed by atoms with Crippen LogP contribution < -0.4 is 5.32 Å². The Hall–Kier alpha value is -1.48. The minimum absolute atomic E-state index is 0.300. The van der Waals surface area contributed by atoms with Gasteiger partial charge >= 0.3 is 0 Å². The summed E-state index contributed by atoms with van der Waals surface area (Å²) in [6, 6.07) is 13.5. The van der Waals surface area contributed by atoms with Crippen molar-refractivity contribution in [2.45, 2.75) is 13.5 Å². The van der Waals surface area contributed by atoms with E-state index in [1.54, 1.807) is 12.1 Å². The summed E-state index contributed by atoms with van der Waals surface area (Å²) in [7, 11) is 0. The number of benzene rings is 2. The maximum Gasteiger partial charge on any atom is 0.115 e. The van der Waals surface area contributed by atoms with Crippen LogP contribution in [0.5, 0.6) is 5.75 Å². The van der Waals surface area contributed by atoms with Gasteiger partial charge in [-0.15, -0.1) is 0 Å². The highest BCUT2D eigenvalue weighted by molar-refractivity contribution is 9.10. The van der Waals surface area contributed by atoms with Gasteiger partial charge in [-0.2, -0.15) is 0 Å². The highest BCUT2D eigenvalue weighted by Crippen LogP contribution is 2.22. The summed E-state index contributed by atoms with van der Waals surface area (Å²) in [6.45, 7) is 2.73. The van der Waals surface area contributed by atoms with Gasteiger partial charge in [-0.3, -0.25) is 0 Å². The third kappa shape index (κ3) is 3.01. The lowest BCUT2D eigenvalue weighted by atomic mass is 10.1. The lowest BCUT2D eigenvalue weighted by Crippen LogP contribution is -2.01. The first-order valence-electron chi connectivity index (χ1n) is 5.44. The normalized spacial score (nSPS) is 10.2. The smallest absolute Gasteiger partial charge is 0.115 e. The monoisotopic (exact) mass is 291 g/mol. The quantitative estimate of drug-likeness (QED) is 0.836. The molecule has 0 bridgehead atoms. The topological polar surface area (TPSA) is 32.3 Å². The second kappa shape index (κ2) is 5.23. The standard InChI is InChI=1S/C14H14BrNO/c1-10-8-12(17)6-7-14(10)16-9-11-4-2-3-5-13(11)15/h2-8,16-17H,9H2,1H3. The first-order chi connectivity index (χ1) is 8.16. The minimum atomic E-state index is 0.300. The zero-order chi connectivity index (χ0) is 12.3. The molecule has 0 saturated heterocycles. The van der Waals surface area contributed by atoms with E-state index in [4.69, 9.17) is 0 Å². The number of phenolic OH excluding ortho intramolecular Hbond substituents is 1. The molecule has 0 amide bonds. The van der Waals surface area contributed by atoms with Crippen LogP contribution in [0.3, 0.4) is 0 Å². The molecule has 2 aromatic carbocycles. The van der Waals surface area contributed by atoms with Crippen LogP contribution in [0.15, 0.2) is 46.9 Å². The molecule has 0 atom stereocenters. The van der Waals surface area contributed by atoms with Crippen LogP contribution in [0.2, 0.25) is 0 Å². The minimum Gasteiger partial charge on any atom is -0.508 e. The van der Waals surface area contributed by atoms with Gasteiger partial charge < -0.3 is 10.4 Å². The van der Waals surface area contributed by atoms with Crippen LogP contribution in [0.25, 0.3) is 0 Å². The number of aryl methyl sites for hydroxylation is 1. The maximum atomic E-state index is 9.33. The van der Waals surface area contributed by atoms with Gasteiger partial charge in [-0.05, 0) is 42.3 Å². The molecule has 2 rings (SSSR count). The highest BCUT2D eigenvalue weighted by atomic mass is 79.9. The van der Waals surface area contributed by atoms with Gasteiger partial charge in [0, 0.05) is 16.7 Å². The van der Waals surface area contributed by atoms with E-state index in [-0.39, 0.29) is 0 Å². The van der Waals surface area contributed by atoms with Crippen molar-refractivity contribution in [1.29, 1.82) is 0 Å². The Bertz CT molecular complexity index is 525. The molecule has 2 aromatic rings. The Morgan fingerprint density at radius 1 is 1.18 bits per heavy atom. The molecule has 0 spiro atoms. The predicted octanol–water partition coefficient (Wildman–Crippen LogP) is 4.08. The summed E-state index contributed by atoms with van der Waals surface area (Å²) in [5.41, 5.74) is 3.29. The Morgan fingerprint density at radius 2 is 1.94 bits per heavy atom. The molecule has 0 aromatic heterocycles. The fourth-order valence-corrected chi connectivity index (χ4v) is 2.10. The summed E-state index contributed by atoms with van der Waals surface area (Å²) in [4.78, 5) is 0. The van der Waals surface area contributed by atoms with E-state index in [2.05, 4.69) is 27.3 Å². The molecular weight excluding hydrogens is 278 g/mol. The molecule has 0 heterocycles. The van der Waals surface area contributed by atoms with Crippen LogP contribution in [-0.4, -0.2) is 5.11 Å². The van der Waals surface area contributed by atoms with Crippen LogP contribution in [0.1, 0.15) is 11.1 Å². The van der Waals surface area contributed by atoms with Gasteiger partial charge in [0.2, 0.25) is 0 Å². The molecule has 3 heteroatoms. The van der Waals surface area contributed by atoms with E-state index in [1.807, 2.05) is 31.2 Å². The van der Waals surface area contributed by atoms with Crippen LogP contribution >= 0.6 is 15.9 Å². The highest BCUT2D eigenvalue weighted by Gasteiger charge is 2.01. The van der Waals surface area contributed by atoms with Crippen molar-refractivity contribution in [2.24, 2.45) is 0 Å². The predicted molar refractivity (Wildman–Crippen MR) is 74.3 cm³/mol. The van der Waals surface area contributed by atoms with Gasteiger partial charge in [-0.1, -0.05) is 34.1 Å². The Balaban J connectivity index is 2.10. The Labute approximate surface area is 109 Å². The second-order valence-corrected chi connectivity index (χ2v) is 4.80. The van der Waals surface area contributed by atoms with Gasteiger partial charge in [0.1, 0.15) is 5.75 Å². The van der Waals surface area contributed by atoms with Gasteiger partial charge in [-0.25, -0.2) is 0 Å². The van der Waals surface area contributed by atoms with Gasteiger partial charge in [0.25, 0.3) is 0 Å². The molecule has 0 radical (unpaired) electrons. The average Bonchev–Trinajstić information content (AvgIpc) is 2.30. The SMILES string of the molecule is Cc1cc(O)ccc1NCc1ccccc1Br. The summed E-state index contributed by atoms with van der Waals surface area (Å²) in [5, 5.41) is 12.7. The average molecular weight is 292 g/mol. The molecule has 17 heavy (non-hydrogen) atoms. The van der Waals surface area contributed by atoms with Crippen LogP contribution in [0, 0.1) is 6.92 Å². The maximum absolute atomic E-state index is 9.33. The zero-order valence-electron chi connectivity index (χ0n) is 9.57. The summed E-state index contributed by atoms with van der Waals surface area (Å²) < 4.78 is 1.10. The largest absolute Gasteiger partial charge is 0.508 e. The number of anilines is 1. The van der Waals surface area contributed by atoms with Crippen LogP contribution in [0.4, 0.5) is 5.69 Å². The van der Waals surface area contributed by atoms with Crippen molar-refractivity contribution in [2.75, 3.05) is 5.32 Å². The van der Waals surface area contributed by atoms with E-state index in [9.17, 15) is 5.11 Å². The lowest BCUT2D eigenvalue weighted by Gasteiger charge is -2.10. The fraction of sp³-hybridized carbons (Fsp3) is 0.143. The Kier molecular flexibility index (Phi) is 3.69. The molecule has 0 aliphatic rings. The third-order valence-corrected chi connectivity index (χ3v) is 3.41. The number of nitrogens with one attached hydrogen (secondary N) is 1. The number of aromatic hydroxyl groups is 1. The molecule has 88 valence electrons. The molecule has 0 fully saturated rings. The van der Waals surface area contributed by atoms with E-state index < -0.39 is 0 Å².